The van der Waals surface area contributed by atoms with Gasteiger partial charge in [-0.1, -0.05) is 0 Å². The number of carbonyl (C=O) groups is 1. The highest BCUT2D eigenvalue weighted by molar-refractivity contribution is 5.85. The molecule has 1 saturated heterocycles. The molecule has 2 aliphatic rings. The van der Waals surface area contributed by atoms with Crippen LogP contribution in [0.1, 0.15) is 25.8 Å². The molecular weight excluding hydrogens is 328 g/mol. The molecule has 0 bridgehead atoms. The van der Waals surface area contributed by atoms with Crippen LogP contribution in [0.3, 0.4) is 0 Å². The Balaban J connectivity index is 0.00000208. The lowest BCUT2D eigenvalue weighted by Gasteiger charge is -2.30. The summed E-state index contributed by atoms with van der Waals surface area (Å²) in [5.74, 6) is 2.21. The maximum atomic E-state index is 12.9. The van der Waals surface area contributed by atoms with Gasteiger partial charge in [-0.15, -0.1) is 12.4 Å². The molecular formula is C18H27ClN2O3. The van der Waals surface area contributed by atoms with E-state index in [9.17, 15) is 4.79 Å². The molecule has 134 valence electrons. The second-order valence-corrected chi connectivity index (χ2v) is 6.59. The topological polar surface area (TPSA) is 64.8 Å². The number of hydrogen-bond donors (Lipinski definition) is 1. The number of nitrogens with zero attached hydrogens (tertiary/aromatic N) is 1. The van der Waals surface area contributed by atoms with Crippen LogP contribution < -0.4 is 15.2 Å². The van der Waals surface area contributed by atoms with Crippen LogP contribution in [0.2, 0.25) is 0 Å². The van der Waals surface area contributed by atoms with E-state index in [0.29, 0.717) is 32.1 Å². The molecule has 1 aromatic carbocycles. The van der Waals surface area contributed by atoms with Gasteiger partial charge in [0, 0.05) is 12.6 Å². The lowest BCUT2D eigenvalue weighted by Crippen LogP contribution is -2.42. The number of benzene rings is 1. The highest BCUT2D eigenvalue weighted by atomic mass is 35.5. The molecule has 2 aliphatic heterocycles. The first kappa shape index (κ1) is 18.9. The van der Waals surface area contributed by atoms with E-state index in [2.05, 4.69) is 6.92 Å². The number of fused-ring (bicyclic) bond motifs is 1. The molecule has 1 amide bonds. The van der Waals surface area contributed by atoms with Gasteiger partial charge in [0.2, 0.25) is 5.91 Å². The van der Waals surface area contributed by atoms with E-state index < -0.39 is 0 Å². The van der Waals surface area contributed by atoms with Gasteiger partial charge in [0.1, 0.15) is 18.1 Å². The van der Waals surface area contributed by atoms with E-state index in [4.69, 9.17) is 15.2 Å². The number of halogens is 1. The fourth-order valence-electron chi connectivity index (χ4n) is 3.64. The van der Waals surface area contributed by atoms with Gasteiger partial charge >= 0.3 is 0 Å². The average Bonchev–Trinajstić information content (AvgIpc) is 2.95. The summed E-state index contributed by atoms with van der Waals surface area (Å²) in [6.07, 6.45) is 1.71. The third kappa shape index (κ3) is 3.78. The van der Waals surface area contributed by atoms with Crippen LogP contribution in [0.25, 0.3) is 0 Å². The Hall–Kier alpha value is -1.46. The number of carbonyl (C=O) groups excluding carboxylic acids is 1. The molecule has 3 unspecified atom stereocenters. The summed E-state index contributed by atoms with van der Waals surface area (Å²) in [6.45, 7) is 6.59. The number of hydrogen-bond acceptors (Lipinski definition) is 4. The normalized spacial score (nSPS) is 25.5. The molecule has 1 fully saturated rings. The number of likely N-dealkylation sites (tertiary alicyclic amines) is 1. The Bertz CT molecular complexity index is 581. The van der Waals surface area contributed by atoms with Crippen molar-refractivity contribution in [1.82, 2.24) is 4.90 Å². The summed E-state index contributed by atoms with van der Waals surface area (Å²) >= 11 is 0. The van der Waals surface area contributed by atoms with E-state index in [0.717, 1.165) is 30.0 Å². The van der Waals surface area contributed by atoms with E-state index in [-0.39, 0.29) is 30.3 Å². The minimum atomic E-state index is -0.113. The van der Waals surface area contributed by atoms with Crippen LogP contribution in [-0.2, 0) is 11.2 Å². The highest BCUT2D eigenvalue weighted by Crippen LogP contribution is 2.33. The zero-order chi connectivity index (χ0) is 16.4. The van der Waals surface area contributed by atoms with Crippen molar-refractivity contribution < 1.29 is 14.3 Å². The second kappa shape index (κ2) is 8.08. The van der Waals surface area contributed by atoms with Crippen LogP contribution in [-0.4, -0.2) is 43.2 Å². The van der Waals surface area contributed by atoms with Crippen molar-refractivity contribution in [2.75, 3.05) is 26.3 Å². The van der Waals surface area contributed by atoms with E-state index in [1.807, 2.05) is 30.0 Å². The minimum Gasteiger partial charge on any atom is -0.494 e. The first-order valence-corrected chi connectivity index (χ1v) is 8.51. The van der Waals surface area contributed by atoms with Gasteiger partial charge in [-0.2, -0.15) is 0 Å². The fourth-order valence-corrected chi connectivity index (χ4v) is 3.64. The lowest BCUT2D eigenvalue weighted by atomic mass is 9.95. The molecule has 1 aromatic rings. The van der Waals surface area contributed by atoms with Gasteiger partial charge in [-0.05, 0) is 62.9 Å². The van der Waals surface area contributed by atoms with Gasteiger partial charge in [0.15, 0.2) is 0 Å². The Labute approximate surface area is 149 Å². The van der Waals surface area contributed by atoms with Crippen molar-refractivity contribution in [3.63, 3.8) is 0 Å². The summed E-state index contributed by atoms with van der Waals surface area (Å²) in [6, 6.07) is 6.12. The second-order valence-electron chi connectivity index (χ2n) is 6.59. The maximum absolute atomic E-state index is 12.9. The highest BCUT2D eigenvalue weighted by Gasteiger charge is 2.36. The number of rotatable bonds is 4. The van der Waals surface area contributed by atoms with Crippen molar-refractivity contribution in [2.45, 2.75) is 32.7 Å². The monoisotopic (exact) mass is 354 g/mol. The maximum Gasteiger partial charge on any atom is 0.229 e. The Kier molecular flexibility index (Phi) is 6.35. The van der Waals surface area contributed by atoms with Crippen LogP contribution in [0.4, 0.5) is 0 Å². The summed E-state index contributed by atoms with van der Waals surface area (Å²) < 4.78 is 11.4. The Morgan fingerprint density at radius 1 is 1.46 bits per heavy atom. The number of amides is 1. The lowest BCUT2D eigenvalue weighted by molar-refractivity contribution is -0.137. The van der Waals surface area contributed by atoms with Crippen molar-refractivity contribution in [1.29, 1.82) is 0 Å². The first-order valence-electron chi connectivity index (χ1n) is 8.51. The summed E-state index contributed by atoms with van der Waals surface area (Å²) in [7, 11) is 0. The quantitative estimate of drug-likeness (QED) is 0.900. The van der Waals surface area contributed by atoms with E-state index in [1.54, 1.807) is 0 Å². The molecule has 24 heavy (non-hydrogen) atoms. The summed E-state index contributed by atoms with van der Waals surface area (Å²) in [5.41, 5.74) is 6.83. The van der Waals surface area contributed by atoms with Crippen molar-refractivity contribution in [3.8, 4) is 11.5 Å². The molecule has 5 nitrogen and oxygen atoms in total. The minimum absolute atomic E-state index is 0. The Morgan fingerprint density at radius 3 is 2.92 bits per heavy atom. The number of ether oxygens (including phenoxy) is 2. The molecule has 3 atom stereocenters. The molecule has 2 heterocycles. The van der Waals surface area contributed by atoms with Crippen LogP contribution >= 0.6 is 12.4 Å². The van der Waals surface area contributed by atoms with Gasteiger partial charge in [-0.25, -0.2) is 0 Å². The third-order valence-electron chi connectivity index (χ3n) is 4.88. The standard InChI is InChI=1S/C18H26N2O3.ClH/c1-3-22-16-4-5-17-14(8-16)7-15(11-23-17)18(21)20-10-13(9-19)6-12(20)2;/h4-5,8,12-13,15H,3,6-7,9-11,19H2,1-2H3;1H. The molecule has 0 saturated carbocycles. The molecule has 0 aliphatic carbocycles. The van der Waals surface area contributed by atoms with Crippen LogP contribution in [0, 0.1) is 11.8 Å². The zero-order valence-electron chi connectivity index (χ0n) is 14.4. The molecule has 0 spiro atoms. The van der Waals surface area contributed by atoms with E-state index >= 15 is 0 Å². The predicted molar refractivity (Wildman–Crippen MR) is 95.9 cm³/mol. The Morgan fingerprint density at radius 2 is 2.25 bits per heavy atom. The summed E-state index contributed by atoms with van der Waals surface area (Å²) in [5, 5.41) is 0. The van der Waals surface area contributed by atoms with E-state index in [1.165, 1.54) is 0 Å². The SMILES string of the molecule is CCOc1ccc2c(c1)CC(C(=O)N1CC(CN)CC1C)CO2.Cl. The first-order chi connectivity index (χ1) is 11.1. The molecule has 3 rings (SSSR count). The number of nitrogens with two attached hydrogens (primary N) is 1. The average molecular weight is 355 g/mol. The van der Waals surface area contributed by atoms with Gasteiger partial charge < -0.3 is 20.1 Å². The van der Waals surface area contributed by atoms with Crippen LogP contribution in [0.5, 0.6) is 11.5 Å². The molecule has 2 N–H and O–H groups in total. The summed E-state index contributed by atoms with van der Waals surface area (Å²) in [4.78, 5) is 14.9. The van der Waals surface area contributed by atoms with Crippen LogP contribution in [0.15, 0.2) is 18.2 Å². The van der Waals surface area contributed by atoms with Gasteiger partial charge in [0.05, 0.1) is 12.5 Å². The molecule has 6 heteroatoms. The largest absolute Gasteiger partial charge is 0.494 e. The van der Waals surface area contributed by atoms with Crippen molar-refractivity contribution >= 4 is 18.3 Å². The molecule has 0 aromatic heterocycles. The smallest absolute Gasteiger partial charge is 0.229 e. The fraction of sp³-hybridized carbons (Fsp3) is 0.611. The van der Waals surface area contributed by atoms with Gasteiger partial charge in [-0.3, -0.25) is 4.79 Å². The zero-order valence-corrected chi connectivity index (χ0v) is 15.2. The van der Waals surface area contributed by atoms with Crippen molar-refractivity contribution in [3.05, 3.63) is 23.8 Å². The molecule has 0 radical (unpaired) electrons. The van der Waals surface area contributed by atoms with Gasteiger partial charge in [0.25, 0.3) is 0 Å². The van der Waals surface area contributed by atoms with Crippen molar-refractivity contribution in [2.24, 2.45) is 17.6 Å². The third-order valence-corrected chi connectivity index (χ3v) is 4.88. The predicted octanol–water partition coefficient (Wildman–Crippen LogP) is 2.25.